The Balaban J connectivity index is 2.14. The smallest absolute Gasteiger partial charge is 0.341 e. The first-order valence-corrected chi connectivity index (χ1v) is 9.16. The van der Waals surface area contributed by atoms with Gasteiger partial charge < -0.3 is 26.0 Å². The fourth-order valence-electron chi connectivity index (χ4n) is 3.77. The monoisotopic (exact) mass is 436 g/mol. The molecule has 2 aromatic carbocycles. The molecule has 0 bridgehead atoms. The molecular weight excluding hydrogens is 420 g/mol. The normalized spacial score (nSPS) is 16.3. The van der Waals surface area contributed by atoms with Crippen molar-refractivity contribution in [1.82, 2.24) is 4.57 Å². The van der Waals surface area contributed by atoms with Gasteiger partial charge in [0, 0.05) is 31.4 Å². The van der Waals surface area contributed by atoms with Crippen molar-refractivity contribution in [2.24, 2.45) is 5.73 Å². The molecule has 3 aromatic rings. The molecule has 1 fully saturated rings. The summed E-state index contributed by atoms with van der Waals surface area (Å²) in [5, 5.41) is 8.74. The fraction of sp³-hybridized carbons (Fsp3) is 0.200. The predicted molar refractivity (Wildman–Crippen MR) is 106 cm³/mol. The highest BCUT2D eigenvalue weighted by Gasteiger charge is 2.29. The van der Waals surface area contributed by atoms with Crippen molar-refractivity contribution in [3.05, 3.63) is 63.5 Å². The first kappa shape index (κ1) is 20.7. The van der Waals surface area contributed by atoms with Crippen LogP contribution in [0.25, 0.3) is 16.6 Å². The summed E-state index contributed by atoms with van der Waals surface area (Å²) in [5.41, 5.74) is 7.24. The number of carbonyl (C=O) groups is 1. The van der Waals surface area contributed by atoms with Gasteiger partial charge >= 0.3 is 5.97 Å². The second-order valence-electron chi connectivity index (χ2n) is 7.28. The lowest BCUT2D eigenvalue weighted by Gasteiger charge is -2.22. The number of aromatic carboxylic acids is 1. The molecule has 0 aliphatic carbocycles. The van der Waals surface area contributed by atoms with Gasteiger partial charge in [-0.05, 0) is 18.6 Å². The Labute approximate surface area is 172 Å². The summed E-state index contributed by atoms with van der Waals surface area (Å²) in [6.45, 7) is 0.393. The van der Waals surface area contributed by atoms with Crippen LogP contribution in [-0.4, -0.2) is 34.8 Å². The summed E-state index contributed by atoms with van der Waals surface area (Å²) in [7, 11) is 0. The number of rotatable bonds is 3. The number of hydrogen-bond acceptors (Lipinski definition) is 5. The first-order valence-electron chi connectivity index (χ1n) is 9.16. The van der Waals surface area contributed by atoms with Gasteiger partial charge in [0.2, 0.25) is 5.43 Å². The van der Waals surface area contributed by atoms with Crippen molar-refractivity contribution >= 4 is 28.2 Å². The molecule has 4 rings (SSSR count). The van der Waals surface area contributed by atoms with Gasteiger partial charge in [0.25, 0.3) is 0 Å². The highest BCUT2D eigenvalue weighted by atomic mass is 19.1. The van der Waals surface area contributed by atoms with Gasteiger partial charge in [-0.1, -0.05) is 0 Å². The Morgan fingerprint density at radius 3 is 2.42 bits per heavy atom. The number of carboxylic acid groups (broad SMARTS) is 1. The third kappa shape index (κ3) is 3.26. The minimum Gasteiger partial charge on any atom is -0.477 e. The molecule has 31 heavy (non-hydrogen) atoms. The number of nitrogens with two attached hydrogens (primary N) is 2. The molecule has 11 heteroatoms. The summed E-state index contributed by atoms with van der Waals surface area (Å²) < 4.78 is 59.4. The van der Waals surface area contributed by atoms with E-state index in [0.29, 0.717) is 24.8 Å². The number of fused-ring (bicyclic) bond motifs is 1. The predicted octanol–water partition coefficient (Wildman–Crippen LogP) is 2.36. The van der Waals surface area contributed by atoms with E-state index in [1.807, 2.05) is 0 Å². The van der Waals surface area contributed by atoms with Crippen LogP contribution >= 0.6 is 0 Å². The van der Waals surface area contributed by atoms with Crippen molar-refractivity contribution in [2.45, 2.75) is 12.5 Å². The Bertz CT molecular complexity index is 1310. The van der Waals surface area contributed by atoms with E-state index in [4.69, 9.17) is 11.5 Å². The zero-order valence-corrected chi connectivity index (χ0v) is 15.8. The zero-order chi connectivity index (χ0) is 22.6. The number of nitrogen functional groups attached to an aromatic ring is 1. The van der Waals surface area contributed by atoms with Crippen LogP contribution in [0.15, 0.2) is 29.2 Å². The average molecular weight is 436 g/mol. The SMILES string of the molecule is Nc1cc(-n2cc(C(=O)O)c(=O)c3cc(F)c(N4CC[C@H](N)C4)c(F)c32)c(F)cc1F. The van der Waals surface area contributed by atoms with Crippen LogP contribution in [0.3, 0.4) is 0 Å². The quantitative estimate of drug-likeness (QED) is 0.429. The van der Waals surface area contributed by atoms with E-state index in [1.165, 1.54) is 4.90 Å². The van der Waals surface area contributed by atoms with E-state index in [0.717, 1.165) is 10.6 Å². The van der Waals surface area contributed by atoms with Gasteiger partial charge in [0.05, 0.1) is 22.3 Å². The molecule has 0 spiro atoms. The minimum atomic E-state index is -1.69. The molecule has 1 aliphatic heterocycles. The lowest BCUT2D eigenvalue weighted by atomic mass is 10.1. The van der Waals surface area contributed by atoms with Gasteiger partial charge in [-0.25, -0.2) is 22.4 Å². The Morgan fingerprint density at radius 2 is 1.81 bits per heavy atom. The van der Waals surface area contributed by atoms with Crippen molar-refractivity contribution in [1.29, 1.82) is 0 Å². The van der Waals surface area contributed by atoms with Crippen LogP contribution in [0.5, 0.6) is 0 Å². The van der Waals surface area contributed by atoms with Gasteiger partial charge in [-0.3, -0.25) is 4.79 Å². The second kappa shape index (κ2) is 7.27. The molecule has 0 amide bonds. The third-order valence-corrected chi connectivity index (χ3v) is 5.25. The number of pyridine rings is 1. The van der Waals surface area contributed by atoms with E-state index in [-0.39, 0.29) is 19.1 Å². The maximum atomic E-state index is 15.6. The van der Waals surface area contributed by atoms with Crippen LogP contribution in [0.2, 0.25) is 0 Å². The highest BCUT2D eigenvalue weighted by Crippen LogP contribution is 2.34. The molecule has 1 aromatic heterocycles. The van der Waals surface area contributed by atoms with Crippen LogP contribution in [0.4, 0.5) is 28.9 Å². The summed E-state index contributed by atoms with van der Waals surface area (Å²) in [5.74, 6) is -6.26. The first-order chi connectivity index (χ1) is 14.6. The standard InChI is InChI=1S/C20H16F4N4O3/c21-11-4-12(22)15(5-14(11)26)28-7-10(20(30)31)19(29)9-3-13(23)18(16(24)17(9)28)27-2-1-8(25)6-27/h3-5,7-8H,1-2,6,25-26H2,(H,30,31)/t8-/m0/s1. The minimum absolute atomic E-state index is 0.147. The molecule has 0 radical (unpaired) electrons. The summed E-state index contributed by atoms with van der Waals surface area (Å²) >= 11 is 0. The van der Waals surface area contributed by atoms with E-state index in [1.54, 1.807) is 0 Å². The number of halogens is 4. The van der Waals surface area contributed by atoms with Crippen LogP contribution in [0.1, 0.15) is 16.8 Å². The van der Waals surface area contributed by atoms with E-state index < -0.39 is 68.2 Å². The van der Waals surface area contributed by atoms with E-state index in [2.05, 4.69) is 0 Å². The number of carboxylic acids is 1. The summed E-state index contributed by atoms with van der Waals surface area (Å²) in [6, 6.07) is 1.65. The lowest BCUT2D eigenvalue weighted by Crippen LogP contribution is -2.28. The number of anilines is 2. The van der Waals surface area contributed by atoms with E-state index >= 15 is 4.39 Å². The Kier molecular flexibility index (Phi) is 4.85. The van der Waals surface area contributed by atoms with Crippen LogP contribution in [0, 0.1) is 23.3 Å². The Hall–Kier alpha value is -3.60. The third-order valence-electron chi connectivity index (χ3n) is 5.25. The van der Waals surface area contributed by atoms with Gasteiger partial charge in [-0.15, -0.1) is 0 Å². The maximum absolute atomic E-state index is 15.6. The van der Waals surface area contributed by atoms with Crippen molar-refractivity contribution in [3.8, 4) is 5.69 Å². The number of nitrogens with zero attached hydrogens (tertiary/aromatic N) is 2. The molecule has 162 valence electrons. The molecule has 5 N–H and O–H groups in total. The zero-order valence-electron chi connectivity index (χ0n) is 15.8. The maximum Gasteiger partial charge on any atom is 0.341 e. The molecule has 0 saturated carbocycles. The van der Waals surface area contributed by atoms with Crippen LogP contribution in [-0.2, 0) is 0 Å². The van der Waals surface area contributed by atoms with Crippen molar-refractivity contribution in [3.63, 3.8) is 0 Å². The summed E-state index contributed by atoms with van der Waals surface area (Å²) in [4.78, 5) is 25.5. The molecule has 2 heterocycles. The second-order valence-corrected chi connectivity index (χ2v) is 7.28. The van der Waals surface area contributed by atoms with E-state index in [9.17, 15) is 27.9 Å². The average Bonchev–Trinajstić information content (AvgIpc) is 3.11. The fourth-order valence-corrected chi connectivity index (χ4v) is 3.77. The van der Waals surface area contributed by atoms with Crippen LogP contribution < -0.4 is 21.8 Å². The number of hydrogen-bond donors (Lipinski definition) is 3. The van der Waals surface area contributed by atoms with Crippen molar-refractivity contribution < 1.29 is 27.5 Å². The highest BCUT2D eigenvalue weighted by molar-refractivity contribution is 5.94. The molecular formula is C20H16F4N4O3. The molecule has 1 aliphatic rings. The molecule has 1 saturated heterocycles. The molecule has 1 atom stereocenters. The number of aromatic nitrogens is 1. The van der Waals surface area contributed by atoms with Crippen molar-refractivity contribution in [2.75, 3.05) is 23.7 Å². The van der Waals surface area contributed by atoms with Gasteiger partial charge in [-0.2, -0.15) is 0 Å². The van der Waals surface area contributed by atoms with Gasteiger partial charge in [0.15, 0.2) is 5.82 Å². The number of benzene rings is 2. The molecule has 7 nitrogen and oxygen atoms in total. The summed E-state index contributed by atoms with van der Waals surface area (Å²) in [6.07, 6.45) is 1.17. The largest absolute Gasteiger partial charge is 0.477 e. The van der Waals surface area contributed by atoms with Gasteiger partial charge in [0.1, 0.15) is 28.7 Å². The molecule has 0 unspecified atom stereocenters. The lowest BCUT2D eigenvalue weighted by molar-refractivity contribution is 0.0695. The topological polar surface area (TPSA) is 115 Å². The Morgan fingerprint density at radius 1 is 1.10 bits per heavy atom.